The second-order valence-corrected chi connectivity index (χ2v) is 8.39. The van der Waals surface area contributed by atoms with Crippen LogP contribution in [-0.4, -0.2) is 42.6 Å². The van der Waals surface area contributed by atoms with E-state index in [1.807, 2.05) is 4.90 Å². The fourth-order valence-corrected chi connectivity index (χ4v) is 4.28. The zero-order chi connectivity index (χ0) is 26.1. The van der Waals surface area contributed by atoms with Gasteiger partial charge in [-0.05, 0) is 35.9 Å². The largest absolute Gasteiger partial charge is 0.481 e. The van der Waals surface area contributed by atoms with Crippen molar-refractivity contribution in [3.05, 3.63) is 83.6 Å². The highest BCUT2D eigenvalue weighted by Gasteiger charge is 2.43. The molecule has 1 unspecified atom stereocenters. The first-order valence-corrected chi connectivity index (χ1v) is 11.0. The summed E-state index contributed by atoms with van der Waals surface area (Å²) in [5, 5.41) is 9.89. The first kappa shape index (κ1) is 25.6. The summed E-state index contributed by atoms with van der Waals surface area (Å²) < 4.78 is 85.4. The summed E-state index contributed by atoms with van der Waals surface area (Å²) in [6.45, 7) is -0.548. The SMILES string of the molecule is COc1cccc(CN2CC(c3cccc(C(F)(F)F)c3)N(C[C@@H](O)C(F)(F)F)c3ccccc32)n1. The molecule has 2 aromatic carbocycles. The van der Waals surface area contributed by atoms with Crippen molar-refractivity contribution < 1.29 is 36.2 Å². The highest BCUT2D eigenvalue weighted by molar-refractivity contribution is 5.74. The summed E-state index contributed by atoms with van der Waals surface area (Å²) in [5.41, 5.74) is 0.807. The van der Waals surface area contributed by atoms with E-state index in [4.69, 9.17) is 4.74 Å². The van der Waals surface area contributed by atoms with E-state index in [-0.39, 0.29) is 18.7 Å². The number of alkyl halides is 6. The van der Waals surface area contributed by atoms with Crippen LogP contribution in [-0.2, 0) is 12.7 Å². The Morgan fingerprint density at radius 3 is 2.33 bits per heavy atom. The van der Waals surface area contributed by atoms with Crippen LogP contribution in [0.15, 0.2) is 66.7 Å². The number of β-amino-alcohol motifs (C(OH)–C–C–N with tert-alkyl or cyclic N) is 1. The van der Waals surface area contributed by atoms with Gasteiger partial charge in [0.25, 0.3) is 0 Å². The normalized spacial score (nSPS) is 17.1. The lowest BCUT2D eigenvalue weighted by Crippen LogP contribution is -2.49. The maximum Gasteiger partial charge on any atom is 0.416 e. The molecule has 0 fully saturated rings. The van der Waals surface area contributed by atoms with Gasteiger partial charge >= 0.3 is 12.4 Å². The number of pyridine rings is 1. The molecule has 0 saturated heterocycles. The molecular weight excluding hydrogens is 488 g/mol. The standard InChI is InChI=1S/C25H23F6N3O2/c1-36-23-11-5-8-18(32-23)13-33-14-21(16-6-4-7-17(12-16)24(26,27)28)34(15-22(35)25(29,30)31)20-10-3-2-9-19(20)33/h2-12,21-22,35H,13-15H2,1H3/t21?,22-/m1/s1. The van der Waals surface area contributed by atoms with Crippen molar-refractivity contribution in [3.8, 4) is 5.88 Å². The lowest BCUT2D eigenvalue weighted by atomic mass is 9.97. The topological polar surface area (TPSA) is 48.8 Å². The number of benzene rings is 2. The van der Waals surface area contributed by atoms with Crippen LogP contribution in [0.25, 0.3) is 0 Å². The summed E-state index contributed by atoms with van der Waals surface area (Å²) in [6, 6.07) is 15.4. The second-order valence-electron chi connectivity index (χ2n) is 8.39. The quantitative estimate of drug-likeness (QED) is 0.437. The van der Waals surface area contributed by atoms with Crippen LogP contribution in [0.2, 0.25) is 0 Å². The van der Waals surface area contributed by atoms with Crippen LogP contribution in [0.1, 0.15) is 22.9 Å². The molecule has 1 aromatic heterocycles. The number of aliphatic hydroxyl groups is 1. The predicted molar refractivity (Wildman–Crippen MR) is 122 cm³/mol. The van der Waals surface area contributed by atoms with Gasteiger partial charge in [-0.3, -0.25) is 0 Å². The van der Waals surface area contributed by atoms with Gasteiger partial charge in [0.15, 0.2) is 6.10 Å². The van der Waals surface area contributed by atoms with E-state index >= 15 is 0 Å². The van der Waals surface area contributed by atoms with E-state index in [0.29, 0.717) is 22.9 Å². The smallest absolute Gasteiger partial charge is 0.416 e. The number of aliphatic hydroxyl groups excluding tert-OH is 1. The molecular formula is C25H23F6N3O2. The Bertz CT molecular complexity index is 1200. The van der Waals surface area contributed by atoms with Crippen LogP contribution in [0.3, 0.4) is 0 Å². The molecule has 3 aromatic rings. The lowest BCUT2D eigenvalue weighted by Gasteiger charge is -2.45. The monoisotopic (exact) mass is 511 g/mol. The third-order valence-electron chi connectivity index (χ3n) is 5.99. The maximum atomic E-state index is 13.4. The Morgan fingerprint density at radius 2 is 1.67 bits per heavy atom. The van der Waals surface area contributed by atoms with Crippen molar-refractivity contribution in [2.75, 3.05) is 30.0 Å². The van der Waals surface area contributed by atoms with E-state index in [9.17, 15) is 31.4 Å². The number of hydrogen-bond acceptors (Lipinski definition) is 5. The van der Waals surface area contributed by atoms with Gasteiger partial charge in [0.05, 0.1) is 48.9 Å². The summed E-state index contributed by atoms with van der Waals surface area (Å²) >= 11 is 0. The van der Waals surface area contributed by atoms with E-state index in [0.717, 1.165) is 12.1 Å². The van der Waals surface area contributed by atoms with Gasteiger partial charge in [0, 0.05) is 12.6 Å². The zero-order valence-corrected chi connectivity index (χ0v) is 19.1. The number of rotatable bonds is 6. The van der Waals surface area contributed by atoms with Gasteiger partial charge in [0.1, 0.15) is 0 Å². The van der Waals surface area contributed by atoms with E-state index < -0.39 is 36.6 Å². The Morgan fingerprint density at radius 1 is 0.972 bits per heavy atom. The molecule has 2 heterocycles. The Labute approximate surface area is 203 Å². The van der Waals surface area contributed by atoms with Gasteiger partial charge in [0.2, 0.25) is 5.88 Å². The predicted octanol–water partition coefficient (Wildman–Crippen LogP) is 5.60. The lowest BCUT2D eigenvalue weighted by molar-refractivity contribution is -0.200. The van der Waals surface area contributed by atoms with Gasteiger partial charge in [-0.15, -0.1) is 0 Å². The Balaban J connectivity index is 1.79. The Hall–Kier alpha value is -3.47. The molecule has 4 rings (SSSR count). The number of methoxy groups -OCH3 is 1. The highest BCUT2D eigenvalue weighted by atomic mass is 19.4. The third kappa shape index (κ3) is 5.51. The van der Waals surface area contributed by atoms with E-state index in [2.05, 4.69) is 4.98 Å². The molecule has 0 bridgehead atoms. The van der Waals surface area contributed by atoms with Crippen molar-refractivity contribution in [1.29, 1.82) is 0 Å². The van der Waals surface area contributed by atoms with Crippen molar-refractivity contribution in [2.45, 2.75) is 31.0 Å². The fourth-order valence-electron chi connectivity index (χ4n) is 4.28. The first-order valence-electron chi connectivity index (χ1n) is 11.0. The average Bonchev–Trinajstić information content (AvgIpc) is 2.84. The first-order chi connectivity index (χ1) is 17.0. The molecule has 192 valence electrons. The number of anilines is 2. The van der Waals surface area contributed by atoms with Crippen molar-refractivity contribution >= 4 is 11.4 Å². The van der Waals surface area contributed by atoms with Gasteiger partial charge in [-0.25, -0.2) is 4.98 Å². The van der Waals surface area contributed by atoms with E-state index in [1.54, 1.807) is 42.5 Å². The van der Waals surface area contributed by atoms with Crippen LogP contribution >= 0.6 is 0 Å². The van der Waals surface area contributed by atoms with Crippen LogP contribution in [0, 0.1) is 0 Å². The minimum atomic E-state index is -4.89. The van der Waals surface area contributed by atoms with Gasteiger partial charge in [-0.2, -0.15) is 26.3 Å². The van der Waals surface area contributed by atoms with Crippen molar-refractivity contribution in [3.63, 3.8) is 0 Å². The number of hydrogen-bond donors (Lipinski definition) is 1. The molecule has 0 amide bonds. The molecule has 1 N–H and O–H groups in total. The number of aromatic nitrogens is 1. The highest BCUT2D eigenvalue weighted by Crippen LogP contribution is 2.43. The Kier molecular flexibility index (Phi) is 7.03. The minimum absolute atomic E-state index is 0.0573. The molecule has 1 aliphatic rings. The van der Waals surface area contributed by atoms with E-state index in [1.165, 1.54) is 24.1 Å². The van der Waals surface area contributed by atoms with Crippen LogP contribution in [0.4, 0.5) is 37.7 Å². The molecule has 2 atom stereocenters. The van der Waals surface area contributed by atoms with Crippen LogP contribution < -0.4 is 14.5 Å². The molecule has 0 saturated carbocycles. The maximum absolute atomic E-state index is 13.4. The average molecular weight is 511 g/mol. The number of fused-ring (bicyclic) bond motifs is 1. The number of ether oxygens (including phenoxy) is 1. The number of nitrogens with zero attached hydrogens (tertiary/aromatic N) is 3. The molecule has 36 heavy (non-hydrogen) atoms. The molecule has 0 radical (unpaired) electrons. The minimum Gasteiger partial charge on any atom is -0.481 e. The number of halogens is 6. The van der Waals surface area contributed by atoms with Crippen molar-refractivity contribution in [2.24, 2.45) is 0 Å². The van der Waals surface area contributed by atoms with Gasteiger partial charge < -0.3 is 19.6 Å². The summed E-state index contributed by atoms with van der Waals surface area (Å²) in [7, 11) is 1.47. The zero-order valence-electron chi connectivity index (χ0n) is 19.1. The summed E-state index contributed by atoms with van der Waals surface area (Å²) in [5.74, 6) is 0.377. The summed E-state index contributed by atoms with van der Waals surface area (Å²) in [4.78, 5) is 7.55. The third-order valence-corrected chi connectivity index (χ3v) is 5.99. The molecule has 5 nitrogen and oxygen atoms in total. The molecule has 0 aliphatic carbocycles. The fraction of sp³-hybridized carbons (Fsp3) is 0.320. The number of para-hydroxylation sites is 2. The summed E-state index contributed by atoms with van der Waals surface area (Å²) in [6.07, 6.45) is -12.2. The van der Waals surface area contributed by atoms with Crippen LogP contribution in [0.5, 0.6) is 5.88 Å². The molecule has 0 spiro atoms. The van der Waals surface area contributed by atoms with Gasteiger partial charge in [-0.1, -0.05) is 30.3 Å². The molecule has 11 heteroatoms. The van der Waals surface area contributed by atoms with Crippen molar-refractivity contribution in [1.82, 2.24) is 4.98 Å². The molecule has 1 aliphatic heterocycles. The second kappa shape index (κ2) is 9.88.